The Labute approximate surface area is 250 Å². The molecule has 2 rings (SSSR count). The summed E-state index contributed by atoms with van der Waals surface area (Å²) in [7, 11) is 0. The van der Waals surface area contributed by atoms with Crippen LogP contribution in [-0.2, 0) is 40.1 Å². The van der Waals surface area contributed by atoms with Gasteiger partial charge in [0, 0.05) is 37.3 Å². The largest absolute Gasteiger partial charge is 0.461 e. The van der Waals surface area contributed by atoms with E-state index >= 15 is 0 Å². The van der Waals surface area contributed by atoms with Crippen molar-refractivity contribution < 1.29 is 38.3 Å². The maximum absolute atomic E-state index is 13.2. The van der Waals surface area contributed by atoms with Gasteiger partial charge in [-0.25, -0.2) is 4.79 Å². The van der Waals surface area contributed by atoms with Crippen LogP contribution in [0.25, 0.3) is 0 Å². The van der Waals surface area contributed by atoms with Crippen LogP contribution in [0.15, 0.2) is 36.4 Å². The number of amides is 7. The summed E-state index contributed by atoms with van der Waals surface area (Å²) in [6.45, 7) is 7.02. The molecule has 1 aliphatic heterocycles. The van der Waals surface area contributed by atoms with Crippen molar-refractivity contribution in [1.29, 1.82) is 0 Å². The molecular formula is C29H40N6O8. The topological polar surface area (TPSA) is 206 Å². The van der Waals surface area contributed by atoms with E-state index in [0.717, 1.165) is 22.6 Å². The molecule has 14 nitrogen and oxygen atoms in total. The van der Waals surface area contributed by atoms with Gasteiger partial charge in [0.2, 0.25) is 17.7 Å². The van der Waals surface area contributed by atoms with Crippen molar-refractivity contribution in [3.05, 3.63) is 42.0 Å². The Morgan fingerprint density at radius 2 is 1.53 bits per heavy atom. The van der Waals surface area contributed by atoms with Gasteiger partial charge in [0.15, 0.2) is 0 Å². The fourth-order valence-corrected chi connectivity index (χ4v) is 3.93. The minimum atomic E-state index is -1.03. The van der Waals surface area contributed by atoms with Crippen molar-refractivity contribution in [2.45, 2.75) is 65.6 Å². The predicted octanol–water partition coefficient (Wildman–Crippen LogP) is 0.714. The second-order valence-corrected chi connectivity index (χ2v) is 10.6. The summed E-state index contributed by atoms with van der Waals surface area (Å²) in [4.78, 5) is 86.2. The number of esters is 1. The second-order valence-electron chi connectivity index (χ2n) is 10.6. The number of urea groups is 1. The third kappa shape index (κ3) is 11.6. The highest BCUT2D eigenvalue weighted by molar-refractivity contribution is 6.13. The first kappa shape index (κ1) is 34.5. The highest BCUT2D eigenvalue weighted by Crippen LogP contribution is 2.13. The van der Waals surface area contributed by atoms with Gasteiger partial charge in [-0.15, -0.1) is 0 Å². The Hall–Kier alpha value is -4.75. The molecule has 1 aromatic rings. The van der Waals surface area contributed by atoms with Crippen molar-refractivity contribution in [2.24, 2.45) is 17.6 Å². The zero-order chi connectivity index (χ0) is 32.1. The van der Waals surface area contributed by atoms with E-state index in [4.69, 9.17) is 10.5 Å². The van der Waals surface area contributed by atoms with Crippen molar-refractivity contribution in [1.82, 2.24) is 20.9 Å². The normalized spacial score (nSPS) is 14.0. The lowest BCUT2D eigenvalue weighted by molar-refractivity contribution is -0.148. The number of carbonyl (C=O) groups is 7. The van der Waals surface area contributed by atoms with Gasteiger partial charge in [-0.05, 0) is 36.5 Å². The molecule has 1 heterocycles. The van der Waals surface area contributed by atoms with E-state index in [1.165, 1.54) is 0 Å². The average Bonchev–Trinajstić information content (AvgIpc) is 3.27. The highest BCUT2D eigenvalue weighted by atomic mass is 16.5. The molecule has 43 heavy (non-hydrogen) atoms. The first-order valence-corrected chi connectivity index (χ1v) is 14.0. The third-order valence-electron chi connectivity index (χ3n) is 6.40. The summed E-state index contributed by atoms with van der Waals surface area (Å²) in [5, 5.41) is 10.5. The molecule has 0 aliphatic carbocycles. The van der Waals surface area contributed by atoms with E-state index in [1.807, 2.05) is 0 Å². The molecule has 0 bridgehead atoms. The molecule has 0 radical (unpaired) electrons. The molecule has 0 aromatic heterocycles. The SMILES string of the molecule is CC(C)C(=O)OCc1ccc(NC(=O)[C@H](CCCNC(N)=O)NC(=O)[C@@H](NC(=O)CCN2C(=O)C=CC2=O)C(C)C)cc1. The number of hydrogen-bond acceptors (Lipinski definition) is 8. The third-order valence-corrected chi connectivity index (χ3v) is 6.40. The van der Waals surface area contributed by atoms with Gasteiger partial charge < -0.3 is 31.7 Å². The predicted molar refractivity (Wildman–Crippen MR) is 156 cm³/mol. The van der Waals surface area contributed by atoms with Crippen LogP contribution < -0.4 is 27.0 Å². The van der Waals surface area contributed by atoms with Crippen LogP contribution in [-0.4, -0.2) is 71.6 Å². The standard InChI is InChI=1S/C29H40N6O8/c1-17(2)25(34-22(36)13-15-35-23(37)11-12-24(35)38)27(40)33-21(6-5-14-31-29(30)42)26(39)32-20-9-7-19(8-10-20)16-43-28(41)18(3)4/h7-12,17-18,21,25H,5-6,13-16H2,1-4H3,(H,32,39)(H,33,40)(H,34,36)(H3,30,31,42)/t21-,25-/m0/s1. The van der Waals surface area contributed by atoms with Crippen molar-refractivity contribution >= 4 is 47.2 Å². The first-order valence-electron chi connectivity index (χ1n) is 14.0. The molecule has 6 N–H and O–H groups in total. The average molecular weight is 601 g/mol. The van der Waals surface area contributed by atoms with Gasteiger partial charge in [-0.3, -0.25) is 33.7 Å². The Bertz CT molecular complexity index is 1210. The lowest BCUT2D eigenvalue weighted by atomic mass is 10.0. The summed E-state index contributed by atoms with van der Waals surface area (Å²) in [6, 6.07) is 3.88. The molecule has 0 saturated carbocycles. The molecule has 0 fully saturated rings. The summed E-state index contributed by atoms with van der Waals surface area (Å²) in [6.07, 6.45) is 2.49. The fraction of sp³-hybridized carbons (Fsp3) is 0.483. The van der Waals surface area contributed by atoms with Crippen LogP contribution in [0.2, 0.25) is 0 Å². The number of benzene rings is 1. The van der Waals surface area contributed by atoms with Gasteiger partial charge in [0.05, 0.1) is 5.92 Å². The maximum Gasteiger partial charge on any atom is 0.312 e. The zero-order valence-corrected chi connectivity index (χ0v) is 24.8. The minimum Gasteiger partial charge on any atom is -0.461 e. The van der Waals surface area contributed by atoms with Gasteiger partial charge in [0.25, 0.3) is 11.8 Å². The summed E-state index contributed by atoms with van der Waals surface area (Å²) >= 11 is 0. The molecule has 7 amide bonds. The first-order chi connectivity index (χ1) is 20.3. The van der Waals surface area contributed by atoms with Crippen molar-refractivity contribution in [3.63, 3.8) is 0 Å². The van der Waals surface area contributed by atoms with Gasteiger partial charge >= 0.3 is 12.0 Å². The highest BCUT2D eigenvalue weighted by Gasteiger charge is 2.30. The maximum atomic E-state index is 13.2. The quantitative estimate of drug-likeness (QED) is 0.104. The molecule has 14 heteroatoms. The van der Waals surface area contributed by atoms with Gasteiger partial charge in [0.1, 0.15) is 18.7 Å². The van der Waals surface area contributed by atoms with E-state index in [0.29, 0.717) is 12.1 Å². The van der Waals surface area contributed by atoms with Crippen LogP contribution in [0.3, 0.4) is 0 Å². The number of carbonyl (C=O) groups excluding carboxylic acids is 7. The number of nitrogens with one attached hydrogen (secondary N) is 4. The van der Waals surface area contributed by atoms with Crippen LogP contribution in [0.1, 0.15) is 52.5 Å². The van der Waals surface area contributed by atoms with Crippen molar-refractivity contribution in [2.75, 3.05) is 18.4 Å². The molecule has 1 aromatic carbocycles. The van der Waals surface area contributed by atoms with Gasteiger partial charge in [-0.1, -0.05) is 39.8 Å². The van der Waals surface area contributed by atoms with Crippen LogP contribution in [0.4, 0.5) is 10.5 Å². The molecule has 0 spiro atoms. The van der Waals surface area contributed by atoms with E-state index in [9.17, 15) is 33.6 Å². The molecule has 0 unspecified atom stereocenters. The van der Waals surface area contributed by atoms with Crippen LogP contribution >= 0.6 is 0 Å². The van der Waals surface area contributed by atoms with E-state index in [-0.39, 0.29) is 50.3 Å². The summed E-state index contributed by atoms with van der Waals surface area (Å²) < 4.78 is 5.21. The number of hydrogen-bond donors (Lipinski definition) is 5. The van der Waals surface area contributed by atoms with Gasteiger partial charge in [-0.2, -0.15) is 0 Å². The number of ether oxygens (including phenoxy) is 1. The number of nitrogens with two attached hydrogens (primary N) is 1. The van der Waals surface area contributed by atoms with Crippen LogP contribution in [0.5, 0.6) is 0 Å². The van der Waals surface area contributed by atoms with E-state index in [2.05, 4.69) is 21.3 Å². The Kier molecular flexibility index (Phi) is 13.3. The Balaban J connectivity index is 2.04. The summed E-state index contributed by atoms with van der Waals surface area (Å²) in [5.41, 5.74) is 6.26. The lowest BCUT2D eigenvalue weighted by Crippen LogP contribution is -2.54. The van der Waals surface area contributed by atoms with E-state index in [1.54, 1.807) is 52.0 Å². The Morgan fingerprint density at radius 3 is 2.09 bits per heavy atom. The smallest absolute Gasteiger partial charge is 0.312 e. The van der Waals surface area contributed by atoms with E-state index < -0.39 is 47.7 Å². The lowest BCUT2D eigenvalue weighted by Gasteiger charge is -2.25. The Morgan fingerprint density at radius 1 is 0.907 bits per heavy atom. The zero-order valence-electron chi connectivity index (χ0n) is 24.8. The number of rotatable bonds is 16. The number of primary amides is 1. The fourth-order valence-electron chi connectivity index (χ4n) is 3.93. The molecule has 234 valence electrons. The molecular weight excluding hydrogens is 560 g/mol. The minimum absolute atomic E-state index is 0.0840. The monoisotopic (exact) mass is 600 g/mol. The molecule has 0 saturated heterocycles. The second kappa shape index (κ2) is 16.6. The van der Waals surface area contributed by atoms with Crippen LogP contribution in [0, 0.1) is 11.8 Å². The number of nitrogens with zero attached hydrogens (tertiary/aromatic N) is 1. The molecule has 2 atom stereocenters. The number of imide groups is 1. The molecule has 1 aliphatic rings. The summed E-state index contributed by atoms with van der Waals surface area (Å²) in [5.74, 6) is -3.66. The number of anilines is 1. The van der Waals surface area contributed by atoms with Crippen molar-refractivity contribution in [3.8, 4) is 0 Å².